The minimum Gasteiger partial charge on any atom is -0.496 e. The lowest BCUT2D eigenvalue weighted by molar-refractivity contribution is 0.176. The van der Waals surface area contributed by atoms with Crippen LogP contribution < -0.4 is 5.73 Å². The van der Waals surface area contributed by atoms with Gasteiger partial charge in [-0.25, -0.2) is 0 Å². The van der Waals surface area contributed by atoms with E-state index in [0.29, 0.717) is 10.0 Å². The third kappa shape index (κ3) is 2.34. The second-order valence-electron chi connectivity index (χ2n) is 3.72. The van der Waals surface area contributed by atoms with Gasteiger partial charge in [-0.15, -0.1) is 0 Å². The first-order valence-electron chi connectivity index (χ1n) is 5.22. The number of benzene rings is 1. The fraction of sp³-hybridized carbons (Fsp3) is 0.333. The summed E-state index contributed by atoms with van der Waals surface area (Å²) in [5.41, 5.74) is 6.91. The number of ether oxygens (including phenoxy) is 1. The standard InChI is InChI=1S/C12H13Cl2NO/c13-9-5-3-4-8(11(9)14)12(15)10-6-1-2-7-16-10/h3-6,12H,1-2,7,15H2. The Labute approximate surface area is 105 Å². The molecule has 1 aromatic rings. The Morgan fingerprint density at radius 1 is 1.31 bits per heavy atom. The molecule has 0 fully saturated rings. The van der Waals surface area contributed by atoms with Crippen LogP contribution in [0.25, 0.3) is 0 Å². The summed E-state index contributed by atoms with van der Waals surface area (Å²) in [6.45, 7) is 0.720. The smallest absolute Gasteiger partial charge is 0.113 e. The van der Waals surface area contributed by atoms with Crippen molar-refractivity contribution in [2.75, 3.05) is 6.61 Å². The predicted molar refractivity (Wildman–Crippen MR) is 66.7 cm³/mol. The molecule has 0 aliphatic carbocycles. The number of halogens is 2. The molecule has 0 amide bonds. The molecule has 2 nitrogen and oxygen atoms in total. The molecule has 86 valence electrons. The molecule has 0 saturated carbocycles. The van der Waals surface area contributed by atoms with Gasteiger partial charge in [-0.2, -0.15) is 0 Å². The zero-order chi connectivity index (χ0) is 11.5. The van der Waals surface area contributed by atoms with Crippen molar-refractivity contribution < 1.29 is 4.74 Å². The predicted octanol–water partition coefficient (Wildman–Crippen LogP) is 3.69. The molecule has 0 bridgehead atoms. The van der Waals surface area contributed by atoms with E-state index in [2.05, 4.69) is 0 Å². The van der Waals surface area contributed by atoms with Crippen LogP contribution in [0.15, 0.2) is 30.0 Å². The summed E-state index contributed by atoms with van der Waals surface area (Å²) in [5.74, 6) is 0.787. The zero-order valence-electron chi connectivity index (χ0n) is 8.75. The zero-order valence-corrected chi connectivity index (χ0v) is 10.3. The van der Waals surface area contributed by atoms with Gasteiger partial charge in [-0.3, -0.25) is 0 Å². The quantitative estimate of drug-likeness (QED) is 0.878. The average Bonchev–Trinajstić information content (AvgIpc) is 2.33. The van der Waals surface area contributed by atoms with Crippen LogP contribution in [-0.2, 0) is 4.74 Å². The molecule has 0 saturated heterocycles. The number of allylic oxidation sites excluding steroid dienone is 1. The largest absolute Gasteiger partial charge is 0.496 e. The minimum atomic E-state index is -0.327. The van der Waals surface area contributed by atoms with Gasteiger partial charge in [0.05, 0.1) is 22.7 Å². The fourth-order valence-electron chi connectivity index (χ4n) is 1.71. The third-order valence-electron chi connectivity index (χ3n) is 2.59. The molecule has 1 aromatic carbocycles. The second-order valence-corrected chi connectivity index (χ2v) is 4.50. The lowest BCUT2D eigenvalue weighted by Gasteiger charge is -2.21. The van der Waals surface area contributed by atoms with E-state index in [1.54, 1.807) is 6.07 Å². The number of hydrogen-bond acceptors (Lipinski definition) is 2. The molecule has 1 atom stereocenters. The monoisotopic (exact) mass is 257 g/mol. The molecule has 4 heteroatoms. The van der Waals surface area contributed by atoms with Crippen LogP contribution in [0.5, 0.6) is 0 Å². The molecule has 2 N–H and O–H groups in total. The minimum absolute atomic E-state index is 0.327. The fourth-order valence-corrected chi connectivity index (χ4v) is 2.13. The molecule has 1 aliphatic rings. The summed E-state index contributed by atoms with van der Waals surface area (Å²) in [4.78, 5) is 0. The van der Waals surface area contributed by atoms with Crippen LogP contribution >= 0.6 is 23.2 Å². The van der Waals surface area contributed by atoms with Gasteiger partial charge in [-0.05, 0) is 30.5 Å². The van der Waals surface area contributed by atoms with Gasteiger partial charge >= 0.3 is 0 Å². The van der Waals surface area contributed by atoms with Crippen molar-refractivity contribution in [2.45, 2.75) is 18.9 Å². The Morgan fingerprint density at radius 2 is 2.12 bits per heavy atom. The van der Waals surface area contributed by atoms with Crippen LogP contribution in [-0.4, -0.2) is 6.61 Å². The van der Waals surface area contributed by atoms with Gasteiger partial charge in [-0.1, -0.05) is 35.3 Å². The molecular formula is C12H13Cl2NO. The van der Waals surface area contributed by atoms with Gasteiger partial charge in [0, 0.05) is 0 Å². The van der Waals surface area contributed by atoms with Gasteiger partial charge < -0.3 is 10.5 Å². The normalized spacial score (nSPS) is 17.6. The Hall–Kier alpha value is -0.700. The maximum Gasteiger partial charge on any atom is 0.113 e. The first kappa shape index (κ1) is 11.8. The van der Waals surface area contributed by atoms with Crippen molar-refractivity contribution in [1.82, 2.24) is 0 Å². The molecule has 1 heterocycles. The first-order valence-corrected chi connectivity index (χ1v) is 5.98. The van der Waals surface area contributed by atoms with Gasteiger partial charge in [0.1, 0.15) is 5.76 Å². The highest BCUT2D eigenvalue weighted by atomic mass is 35.5. The van der Waals surface area contributed by atoms with E-state index < -0.39 is 0 Å². The Bertz CT molecular complexity index is 417. The van der Waals surface area contributed by atoms with Crippen molar-refractivity contribution in [3.8, 4) is 0 Å². The van der Waals surface area contributed by atoms with E-state index in [1.807, 2.05) is 18.2 Å². The van der Waals surface area contributed by atoms with E-state index in [4.69, 9.17) is 33.7 Å². The van der Waals surface area contributed by atoms with E-state index >= 15 is 0 Å². The summed E-state index contributed by atoms with van der Waals surface area (Å²) in [6, 6.07) is 5.13. The summed E-state index contributed by atoms with van der Waals surface area (Å²) in [7, 11) is 0. The van der Waals surface area contributed by atoms with Crippen molar-refractivity contribution in [2.24, 2.45) is 5.73 Å². The third-order valence-corrected chi connectivity index (χ3v) is 3.42. The number of rotatable bonds is 2. The molecule has 0 aromatic heterocycles. The van der Waals surface area contributed by atoms with Crippen LogP contribution in [0.3, 0.4) is 0 Å². The maximum atomic E-state index is 6.11. The summed E-state index contributed by atoms with van der Waals surface area (Å²) < 4.78 is 5.52. The van der Waals surface area contributed by atoms with Crippen molar-refractivity contribution in [1.29, 1.82) is 0 Å². The average molecular weight is 258 g/mol. The molecule has 0 radical (unpaired) electrons. The van der Waals surface area contributed by atoms with Crippen LogP contribution in [0.2, 0.25) is 10.0 Å². The van der Waals surface area contributed by atoms with Gasteiger partial charge in [0.25, 0.3) is 0 Å². The van der Waals surface area contributed by atoms with Crippen molar-refractivity contribution >= 4 is 23.2 Å². The Balaban J connectivity index is 2.29. The summed E-state index contributed by atoms with van der Waals surface area (Å²) in [6.07, 6.45) is 4.06. The van der Waals surface area contributed by atoms with E-state index in [-0.39, 0.29) is 6.04 Å². The van der Waals surface area contributed by atoms with Crippen molar-refractivity contribution in [3.05, 3.63) is 45.6 Å². The highest BCUT2D eigenvalue weighted by molar-refractivity contribution is 6.42. The molecule has 16 heavy (non-hydrogen) atoms. The van der Waals surface area contributed by atoms with Crippen molar-refractivity contribution in [3.63, 3.8) is 0 Å². The lowest BCUT2D eigenvalue weighted by atomic mass is 10.0. The molecule has 2 rings (SSSR count). The number of hydrogen-bond donors (Lipinski definition) is 1. The first-order chi connectivity index (χ1) is 7.70. The second kappa shape index (κ2) is 5.09. The lowest BCUT2D eigenvalue weighted by Crippen LogP contribution is -2.18. The molecular weight excluding hydrogens is 245 g/mol. The van der Waals surface area contributed by atoms with E-state index in [1.165, 1.54) is 0 Å². The van der Waals surface area contributed by atoms with E-state index in [0.717, 1.165) is 30.8 Å². The Kier molecular flexibility index (Phi) is 3.74. The van der Waals surface area contributed by atoms with Gasteiger partial charge in [0.2, 0.25) is 0 Å². The summed E-state index contributed by atoms with van der Waals surface area (Å²) >= 11 is 12.1. The SMILES string of the molecule is NC(C1=CCCCO1)c1cccc(Cl)c1Cl. The van der Waals surface area contributed by atoms with Crippen LogP contribution in [0, 0.1) is 0 Å². The van der Waals surface area contributed by atoms with E-state index in [9.17, 15) is 0 Å². The molecule has 1 unspecified atom stereocenters. The van der Waals surface area contributed by atoms with Crippen LogP contribution in [0.4, 0.5) is 0 Å². The summed E-state index contributed by atoms with van der Waals surface area (Å²) in [5, 5.41) is 1.03. The molecule has 1 aliphatic heterocycles. The van der Waals surface area contributed by atoms with Crippen LogP contribution in [0.1, 0.15) is 24.4 Å². The highest BCUT2D eigenvalue weighted by Crippen LogP contribution is 2.33. The van der Waals surface area contributed by atoms with Gasteiger partial charge in [0.15, 0.2) is 0 Å². The maximum absolute atomic E-state index is 6.11. The topological polar surface area (TPSA) is 35.2 Å². The Morgan fingerprint density at radius 3 is 2.81 bits per heavy atom. The number of nitrogens with two attached hydrogens (primary N) is 1. The molecule has 0 spiro atoms. The highest BCUT2D eigenvalue weighted by Gasteiger charge is 2.19.